The summed E-state index contributed by atoms with van der Waals surface area (Å²) in [7, 11) is 0. The van der Waals surface area contributed by atoms with Crippen molar-refractivity contribution in [3.05, 3.63) is 64.6 Å². The normalized spacial score (nSPS) is 26.9. The molecule has 1 aliphatic carbocycles. The molecule has 11 heteroatoms. The summed E-state index contributed by atoms with van der Waals surface area (Å²) in [6.45, 7) is 5.36. The number of halogens is 2. The fourth-order valence-corrected chi connectivity index (χ4v) is 7.89. The minimum atomic E-state index is -0.753. The lowest BCUT2D eigenvalue weighted by atomic mass is 9.87. The van der Waals surface area contributed by atoms with E-state index in [9.17, 15) is 19.5 Å². The Balaban J connectivity index is 1.14. The SMILES string of the molecule is C[C@@H]1CC[C@@H](C)N1[C@H]1C[C@@H](COC2CCC(C(=O)O)CC2)N(C(=O)Cc2cc(Cl)c(NC(=O)c3coc4ccccc34)cc2F)C1. The number of hydrogen-bond donors (Lipinski definition) is 2. The molecular formula is C35H41ClFN3O6. The predicted molar refractivity (Wildman–Crippen MR) is 173 cm³/mol. The minimum absolute atomic E-state index is 0.0321. The first-order valence-electron chi connectivity index (χ1n) is 16.3. The number of fused-ring (bicyclic) bond motifs is 1. The second-order valence-electron chi connectivity index (χ2n) is 13.2. The highest BCUT2D eigenvalue weighted by atomic mass is 35.5. The molecule has 2 amide bonds. The molecule has 0 bridgehead atoms. The maximum Gasteiger partial charge on any atom is 0.306 e. The van der Waals surface area contributed by atoms with Crippen molar-refractivity contribution in [2.75, 3.05) is 18.5 Å². The lowest BCUT2D eigenvalue weighted by Gasteiger charge is -2.32. The summed E-state index contributed by atoms with van der Waals surface area (Å²) >= 11 is 6.51. The van der Waals surface area contributed by atoms with E-state index in [0.717, 1.165) is 25.3 Å². The van der Waals surface area contributed by atoms with Crippen molar-refractivity contribution in [3.63, 3.8) is 0 Å². The molecule has 3 fully saturated rings. The number of amides is 2. The Kier molecular flexibility index (Phi) is 9.68. The summed E-state index contributed by atoms with van der Waals surface area (Å²) in [6.07, 6.45) is 6.69. The van der Waals surface area contributed by atoms with Crippen molar-refractivity contribution in [1.29, 1.82) is 0 Å². The van der Waals surface area contributed by atoms with E-state index in [0.29, 0.717) is 67.5 Å². The number of nitrogens with one attached hydrogen (secondary N) is 1. The van der Waals surface area contributed by atoms with Crippen LogP contribution < -0.4 is 5.32 Å². The van der Waals surface area contributed by atoms with Gasteiger partial charge in [-0.3, -0.25) is 19.3 Å². The van der Waals surface area contributed by atoms with Crippen LogP contribution in [-0.2, 0) is 20.7 Å². The topological polar surface area (TPSA) is 112 Å². The molecule has 6 rings (SSSR count). The van der Waals surface area contributed by atoms with E-state index in [1.165, 1.54) is 12.3 Å². The highest BCUT2D eigenvalue weighted by Gasteiger charge is 2.43. The first kappa shape index (κ1) is 32.5. The van der Waals surface area contributed by atoms with Crippen molar-refractivity contribution in [2.45, 2.75) is 95.5 Å². The number of carbonyl (C=O) groups excluding carboxylic acids is 2. The van der Waals surface area contributed by atoms with Crippen LogP contribution in [0.3, 0.4) is 0 Å². The van der Waals surface area contributed by atoms with Crippen LogP contribution in [-0.4, -0.2) is 76.1 Å². The van der Waals surface area contributed by atoms with Crippen LogP contribution >= 0.6 is 11.6 Å². The second-order valence-corrected chi connectivity index (χ2v) is 13.6. The summed E-state index contributed by atoms with van der Waals surface area (Å²) in [4.78, 5) is 42.5. The molecule has 3 aliphatic rings. The number of anilines is 1. The van der Waals surface area contributed by atoms with Gasteiger partial charge in [0.15, 0.2) is 0 Å². The highest BCUT2D eigenvalue weighted by Crippen LogP contribution is 2.35. The third kappa shape index (κ3) is 6.80. The van der Waals surface area contributed by atoms with E-state index >= 15 is 4.39 Å². The van der Waals surface area contributed by atoms with Crippen LogP contribution in [0.15, 0.2) is 47.1 Å². The molecule has 4 atom stereocenters. The zero-order chi connectivity index (χ0) is 32.5. The number of rotatable bonds is 9. The number of benzene rings is 2. The zero-order valence-corrected chi connectivity index (χ0v) is 27.0. The van der Waals surface area contributed by atoms with Crippen LogP contribution in [0.2, 0.25) is 5.02 Å². The van der Waals surface area contributed by atoms with Crippen LogP contribution in [0.5, 0.6) is 0 Å². The summed E-state index contributed by atoms with van der Waals surface area (Å²) in [5.41, 5.74) is 1.12. The summed E-state index contributed by atoms with van der Waals surface area (Å²) in [5, 5.41) is 12.8. The standard InChI is InChI=1S/C35H41ClFN3O6/c1-20-7-8-21(2)40(20)24-15-25(18-45-26-11-9-22(10-12-26)35(43)44)39(17-24)33(41)14-23-13-29(36)31(16-30(23)37)38-34(42)28-19-46-32-6-4-3-5-27(28)32/h3-6,13,16,19-22,24-26H,7-12,14-15,17-18H2,1-2H3,(H,38,42)(H,43,44)/t20-,21-,22?,24+,25+,26?/m1/s1. The molecule has 3 aromatic rings. The van der Waals surface area contributed by atoms with Crippen molar-refractivity contribution in [3.8, 4) is 0 Å². The van der Waals surface area contributed by atoms with Gasteiger partial charge in [0.1, 0.15) is 17.7 Å². The van der Waals surface area contributed by atoms with Crippen molar-refractivity contribution >= 4 is 46.0 Å². The van der Waals surface area contributed by atoms with E-state index in [2.05, 4.69) is 24.1 Å². The lowest BCUT2D eigenvalue weighted by molar-refractivity contribution is -0.144. The number of para-hydroxylation sites is 1. The molecule has 2 saturated heterocycles. The molecule has 2 aromatic carbocycles. The van der Waals surface area contributed by atoms with Gasteiger partial charge in [0.2, 0.25) is 5.91 Å². The fourth-order valence-electron chi connectivity index (χ4n) is 7.66. The molecule has 0 unspecified atom stereocenters. The number of furan rings is 1. The van der Waals surface area contributed by atoms with Gasteiger partial charge in [-0.05, 0) is 82.6 Å². The lowest BCUT2D eigenvalue weighted by Crippen LogP contribution is -2.44. The molecule has 9 nitrogen and oxygen atoms in total. The van der Waals surface area contributed by atoms with E-state index in [-0.39, 0.29) is 52.7 Å². The smallest absolute Gasteiger partial charge is 0.306 e. The van der Waals surface area contributed by atoms with Gasteiger partial charge in [0.05, 0.1) is 47.4 Å². The third-order valence-corrected chi connectivity index (χ3v) is 10.5. The van der Waals surface area contributed by atoms with Gasteiger partial charge >= 0.3 is 5.97 Å². The van der Waals surface area contributed by atoms with Gasteiger partial charge in [-0.2, -0.15) is 0 Å². The van der Waals surface area contributed by atoms with Crippen LogP contribution in [0.4, 0.5) is 10.1 Å². The molecular weight excluding hydrogens is 613 g/mol. The number of nitrogens with zero attached hydrogens (tertiary/aromatic N) is 2. The summed E-state index contributed by atoms with van der Waals surface area (Å²) in [6, 6.07) is 10.5. The predicted octanol–water partition coefficient (Wildman–Crippen LogP) is 6.52. The van der Waals surface area contributed by atoms with Crippen LogP contribution in [0.1, 0.15) is 74.7 Å². The van der Waals surface area contributed by atoms with Gasteiger partial charge in [-0.25, -0.2) is 4.39 Å². The third-order valence-electron chi connectivity index (χ3n) is 10.2. The van der Waals surface area contributed by atoms with Crippen LogP contribution in [0.25, 0.3) is 11.0 Å². The number of carboxylic acid groups (broad SMARTS) is 1. The molecule has 46 heavy (non-hydrogen) atoms. The monoisotopic (exact) mass is 653 g/mol. The molecule has 246 valence electrons. The van der Waals surface area contributed by atoms with Gasteiger partial charge in [-0.1, -0.05) is 29.8 Å². The van der Waals surface area contributed by atoms with Gasteiger partial charge in [0.25, 0.3) is 5.91 Å². The van der Waals surface area contributed by atoms with Gasteiger partial charge in [0, 0.05) is 30.1 Å². The average molecular weight is 654 g/mol. The summed E-state index contributed by atoms with van der Waals surface area (Å²) in [5.74, 6) is -2.40. The Morgan fingerprint density at radius 1 is 1.07 bits per heavy atom. The molecule has 2 N–H and O–H groups in total. The Morgan fingerprint density at radius 3 is 2.50 bits per heavy atom. The van der Waals surface area contributed by atoms with E-state index in [4.69, 9.17) is 20.8 Å². The Bertz CT molecular complexity index is 1590. The number of carbonyl (C=O) groups is 3. The molecule has 0 radical (unpaired) electrons. The number of hydrogen-bond acceptors (Lipinski definition) is 6. The number of ether oxygens (including phenoxy) is 1. The first-order valence-corrected chi connectivity index (χ1v) is 16.6. The fraction of sp³-hybridized carbons (Fsp3) is 0.514. The first-order chi connectivity index (χ1) is 22.1. The zero-order valence-electron chi connectivity index (χ0n) is 26.2. The van der Waals surface area contributed by atoms with Crippen molar-refractivity contribution in [1.82, 2.24) is 9.80 Å². The van der Waals surface area contributed by atoms with Crippen LogP contribution in [0, 0.1) is 11.7 Å². The van der Waals surface area contributed by atoms with Crippen molar-refractivity contribution in [2.24, 2.45) is 5.92 Å². The van der Waals surface area contributed by atoms with E-state index in [1.54, 1.807) is 24.3 Å². The minimum Gasteiger partial charge on any atom is -0.481 e. The quantitative estimate of drug-likeness (QED) is 0.270. The maximum absolute atomic E-state index is 15.5. The Morgan fingerprint density at radius 2 is 1.78 bits per heavy atom. The average Bonchev–Trinajstić information content (AvgIpc) is 3.75. The molecule has 2 aliphatic heterocycles. The van der Waals surface area contributed by atoms with Gasteiger partial charge < -0.3 is 24.5 Å². The Labute approximate surface area is 273 Å². The summed E-state index contributed by atoms with van der Waals surface area (Å²) < 4.78 is 27.2. The molecule has 1 saturated carbocycles. The molecule has 1 aromatic heterocycles. The number of carboxylic acids is 1. The molecule has 3 heterocycles. The number of likely N-dealkylation sites (tertiary alicyclic amines) is 2. The molecule has 0 spiro atoms. The Hall–Kier alpha value is -3.47. The van der Waals surface area contributed by atoms with Crippen molar-refractivity contribution < 1.29 is 33.0 Å². The largest absolute Gasteiger partial charge is 0.481 e. The van der Waals surface area contributed by atoms with Gasteiger partial charge in [-0.15, -0.1) is 0 Å². The van der Waals surface area contributed by atoms with E-state index in [1.807, 2.05) is 4.90 Å². The number of aliphatic carboxylic acids is 1. The highest BCUT2D eigenvalue weighted by molar-refractivity contribution is 6.34. The second kappa shape index (κ2) is 13.7. The maximum atomic E-state index is 15.5. The van der Waals surface area contributed by atoms with E-state index < -0.39 is 17.7 Å².